The Morgan fingerprint density at radius 2 is 0.906 bits per heavy atom. The van der Waals surface area contributed by atoms with Crippen LogP contribution in [0.25, 0.3) is 22.1 Å². The highest BCUT2D eigenvalue weighted by Crippen LogP contribution is 2.21. The van der Waals surface area contributed by atoms with Gasteiger partial charge in [-0.15, -0.1) is 0 Å². The van der Waals surface area contributed by atoms with Crippen LogP contribution >= 0.6 is 0 Å². The van der Waals surface area contributed by atoms with Gasteiger partial charge in [-0.2, -0.15) is 0 Å². The summed E-state index contributed by atoms with van der Waals surface area (Å²) in [6.45, 7) is 2.85. The summed E-state index contributed by atoms with van der Waals surface area (Å²) in [6.07, 6.45) is 3.83. The molecule has 266 valence electrons. The summed E-state index contributed by atoms with van der Waals surface area (Å²) in [5.74, 6) is 0. The topological polar surface area (TPSA) is 149 Å². The number of nitrogens with zero attached hydrogens (tertiary/aromatic N) is 4. The van der Waals surface area contributed by atoms with E-state index >= 15 is 0 Å². The van der Waals surface area contributed by atoms with Crippen molar-refractivity contribution in [1.29, 1.82) is 0 Å². The van der Waals surface area contributed by atoms with Gasteiger partial charge in [-0.3, -0.25) is 4.79 Å². The Morgan fingerprint density at radius 1 is 0.528 bits per heavy atom. The summed E-state index contributed by atoms with van der Waals surface area (Å²) in [6, 6.07) is 49.3. The van der Waals surface area contributed by atoms with Gasteiger partial charge in [0.15, 0.2) is 0 Å². The van der Waals surface area contributed by atoms with Crippen molar-refractivity contribution in [2.75, 3.05) is 22.1 Å². The Balaban J connectivity index is 0.000000170. The zero-order valence-corrected chi connectivity index (χ0v) is 29.2. The number of imidazole rings is 2. The second-order valence-electron chi connectivity index (χ2n) is 12.3. The van der Waals surface area contributed by atoms with Crippen LogP contribution in [-0.4, -0.2) is 30.7 Å². The van der Waals surface area contributed by atoms with E-state index in [9.17, 15) is 0 Å². The Hall–Kier alpha value is -7.07. The molecule has 0 aliphatic carbocycles. The number of anilines is 4. The fourth-order valence-electron chi connectivity index (χ4n) is 6.05. The number of benzene rings is 6. The van der Waals surface area contributed by atoms with Gasteiger partial charge in [0, 0.05) is 26.2 Å². The van der Waals surface area contributed by atoms with Crippen molar-refractivity contribution in [3.8, 4) is 0 Å². The van der Waals surface area contributed by atoms with E-state index in [1.165, 1.54) is 33.3 Å². The van der Waals surface area contributed by atoms with Gasteiger partial charge < -0.3 is 36.3 Å². The van der Waals surface area contributed by atoms with Gasteiger partial charge in [0.2, 0.25) is 0 Å². The monoisotopic (exact) mass is 702 g/mol. The van der Waals surface area contributed by atoms with Crippen LogP contribution < -0.4 is 22.1 Å². The predicted molar refractivity (Wildman–Crippen MR) is 216 cm³/mol. The smallest absolute Gasteiger partial charge is 0.290 e. The average molecular weight is 703 g/mol. The second kappa shape index (κ2) is 17.7. The Labute approximate surface area is 308 Å². The number of carboxylic acid groups (broad SMARTS) is 1. The van der Waals surface area contributed by atoms with Crippen molar-refractivity contribution in [2.24, 2.45) is 0 Å². The first-order chi connectivity index (χ1) is 26.0. The molecule has 0 bridgehead atoms. The van der Waals surface area contributed by atoms with E-state index in [1.807, 2.05) is 85.5 Å². The lowest BCUT2D eigenvalue weighted by molar-refractivity contribution is -0.122. The van der Waals surface area contributed by atoms with Crippen molar-refractivity contribution in [2.45, 2.75) is 26.2 Å². The first kappa shape index (κ1) is 35.7. The maximum absolute atomic E-state index is 8.36. The van der Waals surface area contributed by atoms with Crippen molar-refractivity contribution in [3.05, 3.63) is 181 Å². The zero-order chi connectivity index (χ0) is 36.8. The fourth-order valence-corrected chi connectivity index (χ4v) is 6.05. The number of aromatic nitrogens is 4. The van der Waals surface area contributed by atoms with Gasteiger partial charge in [0.1, 0.15) is 0 Å². The standard InChI is InChI=1S/C22H18N4.C20H22N4.CH2O2/c1-3-10-21-19(8-1)23-15-25(21)13-17-6-5-7-18(12-17)14-26-16-24-20-9-2-4-11-22(20)26;21-17-8-1-3-10-19(17)23-13-15-6-5-7-16(12-15)14-24-20-11-4-2-9-18(20)22;2-1-3/h1-12,15-16H,13-14H2;1-12,23-24H,13-14,21-22H2;1H,(H,2,3). The summed E-state index contributed by atoms with van der Waals surface area (Å²) in [5.41, 5.74) is 24.7. The van der Waals surface area contributed by atoms with E-state index in [1.54, 1.807) is 0 Å². The van der Waals surface area contributed by atoms with Crippen molar-refractivity contribution < 1.29 is 9.90 Å². The van der Waals surface area contributed by atoms with Gasteiger partial charge in [0.05, 0.1) is 57.5 Å². The molecule has 6 aromatic carbocycles. The van der Waals surface area contributed by atoms with E-state index < -0.39 is 0 Å². The largest absolute Gasteiger partial charge is 0.483 e. The number of carbonyl (C=O) groups is 1. The van der Waals surface area contributed by atoms with Crippen molar-refractivity contribution >= 4 is 51.3 Å². The van der Waals surface area contributed by atoms with E-state index in [-0.39, 0.29) is 6.47 Å². The predicted octanol–water partition coefficient (Wildman–Crippen LogP) is 8.26. The van der Waals surface area contributed by atoms with Gasteiger partial charge in [-0.05, 0) is 70.8 Å². The summed E-state index contributed by atoms with van der Waals surface area (Å²) in [4.78, 5) is 17.3. The number of rotatable bonds is 10. The number of nitrogens with two attached hydrogens (primary N) is 2. The minimum Gasteiger partial charge on any atom is -0.483 e. The highest BCUT2D eigenvalue weighted by molar-refractivity contribution is 5.76. The minimum absolute atomic E-state index is 0.250. The lowest BCUT2D eigenvalue weighted by atomic mass is 10.1. The molecule has 2 aromatic heterocycles. The third-order valence-electron chi connectivity index (χ3n) is 8.63. The van der Waals surface area contributed by atoms with E-state index in [0.717, 1.165) is 60.0 Å². The molecule has 0 saturated heterocycles. The van der Waals surface area contributed by atoms with Crippen LogP contribution in [0.15, 0.2) is 158 Å². The molecule has 0 aliphatic rings. The molecule has 0 amide bonds. The summed E-state index contributed by atoms with van der Waals surface area (Å²) >= 11 is 0. The third kappa shape index (κ3) is 9.59. The molecule has 0 fully saturated rings. The van der Waals surface area contributed by atoms with Crippen LogP contribution in [0.2, 0.25) is 0 Å². The number of nitrogens with one attached hydrogen (secondary N) is 2. The molecule has 7 N–H and O–H groups in total. The summed E-state index contributed by atoms with van der Waals surface area (Å²) in [5, 5.41) is 13.6. The van der Waals surface area contributed by atoms with Gasteiger partial charge in [0.25, 0.3) is 6.47 Å². The normalized spacial score (nSPS) is 10.5. The zero-order valence-electron chi connectivity index (χ0n) is 29.2. The van der Waals surface area contributed by atoms with Crippen molar-refractivity contribution in [3.63, 3.8) is 0 Å². The van der Waals surface area contributed by atoms with Gasteiger partial charge >= 0.3 is 0 Å². The molecule has 0 unspecified atom stereocenters. The van der Waals surface area contributed by atoms with Crippen LogP contribution in [0.5, 0.6) is 0 Å². The Kier molecular flexibility index (Phi) is 12.0. The minimum atomic E-state index is -0.250. The Morgan fingerprint density at radius 3 is 1.36 bits per heavy atom. The summed E-state index contributed by atoms with van der Waals surface area (Å²) in [7, 11) is 0. The number of hydrogen-bond donors (Lipinski definition) is 5. The maximum atomic E-state index is 8.36. The molecule has 10 heteroatoms. The van der Waals surface area contributed by atoms with Crippen LogP contribution in [0, 0.1) is 0 Å². The number of nitrogen functional groups attached to an aromatic ring is 2. The number of fused-ring (bicyclic) bond motifs is 2. The molecule has 0 atom stereocenters. The van der Waals surface area contributed by atoms with E-state index in [4.69, 9.17) is 21.4 Å². The molecule has 0 spiro atoms. The van der Waals surface area contributed by atoms with Gasteiger partial charge in [-0.25, -0.2) is 9.97 Å². The SMILES string of the molecule is Nc1ccccc1NCc1cccc(CNc2ccccc2N)c1.O=CO.c1cc(Cn2cnc3ccccc32)cc(Cn2cnc3ccccc32)c1. The lowest BCUT2D eigenvalue weighted by Crippen LogP contribution is -2.05. The Bertz CT molecular complexity index is 2240. The molecular weight excluding hydrogens is 661 g/mol. The molecular formula is C43H42N8O2. The van der Waals surface area contributed by atoms with E-state index in [0.29, 0.717) is 0 Å². The molecule has 10 nitrogen and oxygen atoms in total. The third-order valence-corrected chi connectivity index (χ3v) is 8.63. The highest BCUT2D eigenvalue weighted by atomic mass is 16.3. The molecule has 8 rings (SSSR count). The maximum Gasteiger partial charge on any atom is 0.290 e. The highest BCUT2D eigenvalue weighted by Gasteiger charge is 2.06. The lowest BCUT2D eigenvalue weighted by Gasteiger charge is -2.12. The first-order valence-corrected chi connectivity index (χ1v) is 17.2. The molecule has 8 aromatic rings. The molecule has 53 heavy (non-hydrogen) atoms. The summed E-state index contributed by atoms with van der Waals surface area (Å²) < 4.78 is 4.39. The van der Waals surface area contributed by atoms with Crippen LogP contribution in [0.4, 0.5) is 22.7 Å². The quantitative estimate of drug-likeness (QED) is 0.0707. The van der Waals surface area contributed by atoms with Crippen LogP contribution in [0.3, 0.4) is 0 Å². The van der Waals surface area contributed by atoms with Gasteiger partial charge in [-0.1, -0.05) is 97.1 Å². The van der Waals surface area contributed by atoms with Crippen LogP contribution in [0.1, 0.15) is 22.3 Å². The van der Waals surface area contributed by atoms with Crippen LogP contribution in [-0.2, 0) is 31.0 Å². The molecule has 0 saturated carbocycles. The molecule has 2 heterocycles. The van der Waals surface area contributed by atoms with E-state index in [2.05, 4.69) is 103 Å². The second-order valence-corrected chi connectivity index (χ2v) is 12.3. The number of hydrogen-bond acceptors (Lipinski definition) is 7. The molecule has 0 radical (unpaired) electrons. The number of para-hydroxylation sites is 8. The fraction of sp³-hybridized carbons (Fsp3) is 0.0930. The average Bonchev–Trinajstić information content (AvgIpc) is 3.79. The first-order valence-electron chi connectivity index (χ1n) is 17.2. The van der Waals surface area contributed by atoms with Crippen molar-refractivity contribution in [1.82, 2.24) is 19.1 Å². The molecule has 0 aliphatic heterocycles.